The molecule has 0 radical (unpaired) electrons. The molecule has 4 amide bonds. The first kappa shape index (κ1) is 30.1. The maximum atomic E-state index is 13.8. The van der Waals surface area contributed by atoms with Gasteiger partial charge in [-0.05, 0) is 91.4 Å². The Morgan fingerprint density at radius 3 is 2.55 bits per heavy atom. The first-order valence-corrected chi connectivity index (χ1v) is 14.5. The molecule has 4 N–H and O–H groups in total. The van der Waals surface area contributed by atoms with E-state index in [4.69, 9.17) is 4.42 Å². The Hall–Kier alpha value is -5.38. The molecule has 10 heteroatoms. The molecule has 0 aliphatic carbocycles. The van der Waals surface area contributed by atoms with Crippen molar-refractivity contribution in [2.45, 2.75) is 26.2 Å². The van der Waals surface area contributed by atoms with Gasteiger partial charge in [-0.1, -0.05) is 24.3 Å². The lowest BCUT2D eigenvalue weighted by Gasteiger charge is -2.24. The summed E-state index contributed by atoms with van der Waals surface area (Å²) in [6.45, 7) is 2.59. The average Bonchev–Trinajstić information content (AvgIpc) is 3.57. The highest BCUT2D eigenvalue weighted by Crippen LogP contribution is 2.31. The van der Waals surface area contributed by atoms with Crippen LogP contribution in [0.25, 0.3) is 11.1 Å². The first-order valence-electron chi connectivity index (χ1n) is 14.5. The number of phenols is 1. The minimum absolute atomic E-state index is 0.0961. The van der Waals surface area contributed by atoms with Crippen molar-refractivity contribution in [3.05, 3.63) is 107 Å². The monoisotopic (exact) mass is 594 g/mol. The summed E-state index contributed by atoms with van der Waals surface area (Å²) in [5.41, 5.74) is 4.08. The van der Waals surface area contributed by atoms with Crippen LogP contribution in [0.4, 0.5) is 5.69 Å². The number of fused-ring (bicyclic) bond motifs is 5. The van der Waals surface area contributed by atoms with E-state index in [1.165, 1.54) is 11.2 Å². The van der Waals surface area contributed by atoms with Gasteiger partial charge in [-0.15, -0.1) is 0 Å². The second-order valence-corrected chi connectivity index (χ2v) is 10.6. The fourth-order valence-corrected chi connectivity index (χ4v) is 5.12. The average molecular weight is 595 g/mol. The summed E-state index contributed by atoms with van der Waals surface area (Å²) in [6, 6.07) is 20.5. The highest BCUT2D eigenvalue weighted by Gasteiger charge is 2.22. The number of nitrogens with one attached hydrogen (secondary N) is 3. The summed E-state index contributed by atoms with van der Waals surface area (Å²) in [4.78, 5) is 53.7. The van der Waals surface area contributed by atoms with Crippen LogP contribution in [0.3, 0.4) is 0 Å². The van der Waals surface area contributed by atoms with E-state index >= 15 is 0 Å². The largest absolute Gasteiger partial charge is 0.507 e. The highest BCUT2D eigenvalue weighted by molar-refractivity contribution is 6.05. The predicted molar refractivity (Wildman–Crippen MR) is 166 cm³/mol. The molecule has 0 fully saturated rings. The van der Waals surface area contributed by atoms with Gasteiger partial charge in [-0.2, -0.15) is 0 Å². The van der Waals surface area contributed by atoms with Crippen molar-refractivity contribution in [1.29, 1.82) is 0 Å². The Morgan fingerprint density at radius 2 is 1.73 bits per heavy atom. The van der Waals surface area contributed by atoms with E-state index in [-0.39, 0.29) is 35.8 Å². The number of anilines is 1. The van der Waals surface area contributed by atoms with E-state index in [1.807, 2.05) is 12.1 Å². The Kier molecular flexibility index (Phi) is 9.39. The Bertz CT molecular complexity index is 1680. The van der Waals surface area contributed by atoms with Gasteiger partial charge in [0.2, 0.25) is 5.91 Å². The van der Waals surface area contributed by atoms with Gasteiger partial charge in [-0.3, -0.25) is 19.2 Å². The molecule has 1 aromatic heterocycles. The van der Waals surface area contributed by atoms with Crippen LogP contribution >= 0.6 is 0 Å². The van der Waals surface area contributed by atoms with Gasteiger partial charge in [0.25, 0.3) is 17.7 Å². The lowest BCUT2D eigenvalue weighted by molar-refractivity contribution is -0.121. The van der Waals surface area contributed by atoms with Gasteiger partial charge in [0.15, 0.2) is 5.76 Å². The number of benzene rings is 3. The molecule has 0 spiro atoms. The predicted octanol–water partition coefficient (Wildman–Crippen LogP) is 4.54. The molecule has 0 unspecified atom stereocenters. The molecule has 2 heterocycles. The number of furan rings is 1. The maximum Gasteiger partial charge on any atom is 0.291 e. The van der Waals surface area contributed by atoms with Crippen LogP contribution in [0.15, 0.2) is 83.5 Å². The zero-order valence-corrected chi connectivity index (χ0v) is 24.4. The zero-order chi connectivity index (χ0) is 31.1. The van der Waals surface area contributed by atoms with Crippen molar-refractivity contribution in [3.63, 3.8) is 0 Å². The van der Waals surface area contributed by atoms with Crippen LogP contribution in [0.1, 0.15) is 55.2 Å². The standard InChI is InChI=1S/C34H34N4O6/c1-22-26(9-5-10-28(22)37-33(42)30-11-6-18-44-30)34(43)38-17-3-2-15-36-32(41)25-8-4-7-24(20-25)27-19-23(12-13-29(27)39)14-16-35-31(40)21-38/h4-13,18-20,39H,2-3,14-17,21H2,1H3,(H,35,40)(H,36,41)(H,37,42). The second kappa shape index (κ2) is 13.7. The molecular weight excluding hydrogens is 560 g/mol. The van der Waals surface area contributed by atoms with E-state index in [1.54, 1.807) is 67.6 Å². The van der Waals surface area contributed by atoms with Crippen LogP contribution in [0.5, 0.6) is 5.75 Å². The molecule has 4 aromatic rings. The number of hydrogen-bond donors (Lipinski definition) is 4. The fourth-order valence-electron chi connectivity index (χ4n) is 5.12. The molecule has 3 aromatic carbocycles. The minimum atomic E-state index is -0.437. The number of hydrogen-bond acceptors (Lipinski definition) is 6. The maximum absolute atomic E-state index is 13.8. The minimum Gasteiger partial charge on any atom is -0.507 e. The third-order valence-corrected chi connectivity index (χ3v) is 7.55. The Morgan fingerprint density at radius 1 is 0.909 bits per heavy atom. The van der Waals surface area contributed by atoms with Gasteiger partial charge in [0, 0.05) is 42.0 Å². The first-order chi connectivity index (χ1) is 21.3. The molecule has 0 saturated heterocycles. The van der Waals surface area contributed by atoms with E-state index in [2.05, 4.69) is 16.0 Å². The number of amides is 4. The fraction of sp³-hybridized carbons (Fsp3) is 0.235. The van der Waals surface area contributed by atoms with Crippen LogP contribution in [0.2, 0.25) is 0 Å². The summed E-state index contributed by atoms with van der Waals surface area (Å²) in [7, 11) is 0. The molecule has 4 bridgehead atoms. The van der Waals surface area contributed by atoms with Crippen LogP contribution in [0, 0.1) is 6.92 Å². The number of rotatable bonds is 3. The molecule has 0 atom stereocenters. The van der Waals surface area contributed by atoms with Crippen LogP contribution < -0.4 is 16.0 Å². The quantitative estimate of drug-likeness (QED) is 0.275. The zero-order valence-electron chi connectivity index (χ0n) is 24.4. The van der Waals surface area contributed by atoms with Crippen molar-refractivity contribution in [3.8, 4) is 16.9 Å². The van der Waals surface area contributed by atoms with Gasteiger partial charge >= 0.3 is 0 Å². The molecule has 1 aliphatic rings. The smallest absolute Gasteiger partial charge is 0.291 e. The number of aromatic hydroxyl groups is 1. The van der Waals surface area contributed by atoms with Crippen molar-refractivity contribution < 1.29 is 28.7 Å². The Balaban J connectivity index is 1.34. The third-order valence-electron chi connectivity index (χ3n) is 7.55. The lowest BCUT2D eigenvalue weighted by atomic mass is 9.98. The molecule has 0 saturated carbocycles. The normalized spacial score (nSPS) is 14.5. The number of carbonyl (C=O) groups is 4. The Labute approximate surface area is 255 Å². The SMILES string of the molecule is Cc1c(NC(=O)c2ccco2)cccc1C(=O)N1CCCCNC(=O)c2cccc(c2)-c2cc(ccc2O)CCNC(=O)C1. The molecule has 44 heavy (non-hydrogen) atoms. The number of phenolic OH excluding ortho intramolecular Hbond substituents is 1. The second-order valence-electron chi connectivity index (χ2n) is 10.6. The molecule has 10 nitrogen and oxygen atoms in total. The van der Waals surface area contributed by atoms with Crippen molar-refractivity contribution >= 4 is 29.3 Å². The summed E-state index contributed by atoms with van der Waals surface area (Å²) in [5.74, 6) is -1.08. The van der Waals surface area contributed by atoms with Crippen LogP contribution in [-0.2, 0) is 11.2 Å². The van der Waals surface area contributed by atoms with E-state index in [0.29, 0.717) is 66.8 Å². The number of nitrogens with zero attached hydrogens (tertiary/aromatic N) is 1. The summed E-state index contributed by atoms with van der Waals surface area (Å²) in [5, 5.41) is 19.1. The topological polar surface area (TPSA) is 141 Å². The third kappa shape index (κ3) is 7.15. The molecule has 5 rings (SSSR count). The summed E-state index contributed by atoms with van der Waals surface area (Å²) in [6.07, 6.45) is 3.04. The van der Waals surface area contributed by atoms with Crippen molar-refractivity contribution in [2.24, 2.45) is 0 Å². The van der Waals surface area contributed by atoms with Gasteiger partial charge in [0.1, 0.15) is 5.75 Å². The van der Waals surface area contributed by atoms with E-state index < -0.39 is 5.91 Å². The van der Waals surface area contributed by atoms with Gasteiger partial charge in [-0.25, -0.2) is 0 Å². The van der Waals surface area contributed by atoms with E-state index in [0.717, 1.165) is 11.1 Å². The van der Waals surface area contributed by atoms with Crippen LogP contribution in [-0.4, -0.2) is 59.8 Å². The highest BCUT2D eigenvalue weighted by atomic mass is 16.3. The number of carbonyl (C=O) groups excluding carboxylic acids is 4. The molecular formula is C34H34N4O6. The van der Waals surface area contributed by atoms with Crippen molar-refractivity contribution in [2.75, 3.05) is 31.5 Å². The molecule has 1 aliphatic heterocycles. The summed E-state index contributed by atoms with van der Waals surface area (Å²) < 4.78 is 5.17. The molecule has 226 valence electrons. The van der Waals surface area contributed by atoms with E-state index in [9.17, 15) is 24.3 Å². The van der Waals surface area contributed by atoms with Gasteiger partial charge < -0.3 is 30.4 Å². The van der Waals surface area contributed by atoms with Gasteiger partial charge in [0.05, 0.1) is 12.8 Å². The lowest BCUT2D eigenvalue weighted by Crippen LogP contribution is -2.42. The summed E-state index contributed by atoms with van der Waals surface area (Å²) >= 11 is 0. The van der Waals surface area contributed by atoms with Crippen molar-refractivity contribution in [1.82, 2.24) is 15.5 Å².